The Morgan fingerprint density at radius 1 is 1.25 bits per heavy atom. The van der Waals surface area contributed by atoms with E-state index in [-0.39, 0.29) is 0 Å². The van der Waals surface area contributed by atoms with Crippen molar-refractivity contribution in [3.05, 3.63) is 29.8 Å². The van der Waals surface area contributed by atoms with Crippen LogP contribution in [-0.4, -0.2) is 26.4 Å². The minimum Gasteiger partial charge on any atom is -0.496 e. The van der Waals surface area contributed by atoms with Crippen LogP contribution in [0.25, 0.3) is 0 Å². The van der Waals surface area contributed by atoms with E-state index in [9.17, 15) is 0 Å². The van der Waals surface area contributed by atoms with Gasteiger partial charge in [0.25, 0.3) is 0 Å². The summed E-state index contributed by atoms with van der Waals surface area (Å²) in [5, 5.41) is 3.82. The van der Waals surface area contributed by atoms with E-state index in [1.165, 1.54) is 5.56 Å². The third-order valence-corrected chi connectivity index (χ3v) is 3.88. The van der Waals surface area contributed by atoms with Gasteiger partial charge in [-0.15, -0.1) is 0 Å². The van der Waals surface area contributed by atoms with Crippen LogP contribution in [0, 0.1) is 5.92 Å². The maximum absolute atomic E-state index is 5.53. The molecule has 1 aromatic carbocycles. The Labute approximate surface area is 122 Å². The summed E-state index contributed by atoms with van der Waals surface area (Å²) < 4.78 is 11.0. The summed E-state index contributed by atoms with van der Waals surface area (Å²) in [6, 6.07) is 9.26. The third kappa shape index (κ3) is 4.22. The third-order valence-electron chi connectivity index (χ3n) is 3.88. The summed E-state index contributed by atoms with van der Waals surface area (Å²) in [4.78, 5) is 0. The predicted molar refractivity (Wildman–Crippen MR) is 82.2 cm³/mol. The van der Waals surface area contributed by atoms with Crippen molar-refractivity contribution in [1.29, 1.82) is 0 Å². The van der Waals surface area contributed by atoms with Crippen molar-refractivity contribution in [1.82, 2.24) is 5.32 Å². The molecule has 112 valence electrons. The molecule has 0 aromatic heterocycles. The largest absolute Gasteiger partial charge is 0.496 e. The average molecular weight is 277 g/mol. The number of methoxy groups -OCH3 is 1. The summed E-state index contributed by atoms with van der Waals surface area (Å²) in [5.41, 5.74) is 1.27. The van der Waals surface area contributed by atoms with Crippen LogP contribution >= 0.6 is 0 Å². The number of hydrogen-bond acceptors (Lipinski definition) is 3. The van der Waals surface area contributed by atoms with Crippen molar-refractivity contribution in [3.63, 3.8) is 0 Å². The molecule has 1 atom stereocenters. The van der Waals surface area contributed by atoms with Gasteiger partial charge in [-0.05, 0) is 31.2 Å². The van der Waals surface area contributed by atoms with E-state index in [1.54, 1.807) is 7.11 Å². The van der Waals surface area contributed by atoms with E-state index >= 15 is 0 Å². The quantitative estimate of drug-likeness (QED) is 0.862. The molecule has 3 heteroatoms. The average Bonchev–Trinajstić information content (AvgIpc) is 2.47. The summed E-state index contributed by atoms with van der Waals surface area (Å²) in [6.07, 6.45) is 3.32. The molecule has 1 aliphatic heterocycles. The van der Waals surface area contributed by atoms with Gasteiger partial charge in [-0.1, -0.05) is 32.0 Å². The molecule has 0 saturated carbocycles. The van der Waals surface area contributed by atoms with E-state index < -0.39 is 0 Å². The second kappa shape index (κ2) is 7.65. The van der Waals surface area contributed by atoms with Crippen LogP contribution in [0.15, 0.2) is 24.3 Å². The second-order valence-electron chi connectivity index (χ2n) is 5.98. The monoisotopic (exact) mass is 277 g/mol. The molecule has 3 nitrogen and oxygen atoms in total. The van der Waals surface area contributed by atoms with Crippen LogP contribution in [0.1, 0.15) is 44.7 Å². The van der Waals surface area contributed by atoms with Gasteiger partial charge in [0.05, 0.1) is 7.11 Å². The highest BCUT2D eigenvalue weighted by Crippen LogP contribution is 2.30. The first-order chi connectivity index (χ1) is 9.70. The standard InChI is InChI=1S/C17H27NO2/c1-13(2)12-16(18-14-8-10-20-11-9-14)15-6-4-5-7-17(15)19-3/h4-7,13-14,16,18H,8-12H2,1-3H3/t16-/m1/s1. The Hall–Kier alpha value is -1.06. The van der Waals surface area contributed by atoms with E-state index in [1.807, 2.05) is 12.1 Å². The first-order valence-corrected chi connectivity index (χ1v) is 7.67. The molecule has 1 aliphatic rings. The van der Waals surface area contributed by atoms with Crippen molar-refractivity contribution < 1.29 is 9.47 Å². The van der Waals surface area contributed by atoms with E-state index in [0.29, 0.717) is 18.0 Å². The zero-order valence-corrected chi connectivity index (χ0v) is 12.9. The molecule has 0 aliphatic carbocycles. The van der Waals surface area contributed by atoms with E-state index in [4.69, 9.17) is 9.47 Å². The zero-order chi connectivity index (χ0) is 14.4. The molecule has 0 spiro atoms. The summed E-state index contributed by atoms with van der Waals surface area (Å²) >= 11 is 0. The fourth-order valence-corrected chi connectivity index (χ4v) is 2.86. The highest BCUT2D eigenvalue weighted by molar-refractivity contribution is 5.36. The molecule has 1 aromatic rings. The lowest BCUT2D eigenvalue weighted by Crippen LogP contribution is -2.38. The van der Waals surface area contributed by atoms with Crippen LogP contribution in [-0.2, 0) is 4.74 Å². The maximum atomic E-state index is 5.53. The lowest BCUT2D eigenvalue weighted by molar-refractivity contribution is 0.0738. The zero-order valence-electron chi connectivity index (χ0n) is 12.9. The Bertz CT molecular complexity index is 400. The minimum absolute atomic E-state index is 0.356. The Balaban J connectivity index is 2.13. The van der Waals surface area contributed by atoms with Crippen molar-refractivity contribution in [2.75, 3.05) is 20.3 Å². The van der Waals surface area contributed by atoms with Gasteiger partial charge in [0.1, 0.15) is 5.75 Å². The molecule has 1 saturated heterocycles. The van der Waals surface area contributed by atoms with Gasteiger partial charge in [-0.2, -0.15) is 0 Å². The van der Waals surface area contributed by atoms with E-state index in [2.05, 4.69) is 31.3 Å². The summed E-state index contributed by atoms with van der Waals surface area (Å²) in [6.45, 7) is 6.29. The van der Waals surface area contributed by atoms with Crippen LogP contribution in [0.5, 0.6) is 5.75 Å². The minimum atomic E-state index is 0.356. The highest BCUT2D eigenvalue weighted by atomic mass is 16.5. The van der Waals surface area contributed by atoms with Crippen molar-refractivity contribution in [3.8, 4) is 5.75 Å². The molecule has 0 unspecified atom stereocenters. The Morgan fingerprint density at radius 3 is 2.60 bits per heavy atom. The topological polar surface area (TPSA) is 30.5 Å². The molecule has 0 bridgehead atoms. The Morgan fingerprint density at radius 2 is 1.95 bits per heavy atom. The van der Waals surface area contributed by atoms with Gasteiger partial charge in [-0.25, -0.2) is 0 Å². The van der Waals surface area contributed by atoms with Gasteiger partial charge in [-0.3, -0.25) is 0 Å². The molecule has 20 heavy (non-hydrogen) atoms. The SMILES string of the molecule is COc1ccccc1[C@@H](CC(C)C)NC1CCOCC1. The van der Waals surface area contributed by atoms with Gasteiger partial charge < -0.3 is 14.8 Å². The van der Waals surface area contributed by atoms with Gasteiger partial charge >= 0.3 is 0 Å². The van der Waals surface area contributed by atoms with Crippen molar-refractivity contribution >= 4 is 0 Å². The first kappa shape index (κ1) is 15.3. The smallest absolute Gasteiger partial charge is 0.123 e. The fraction of sp³-hybridized carbons (Fsp3) is 0.647. The van der Waals surface area contributed by atoms with Gasteiger partial charge in [0.15, 0.2) is 0 Å². The number of rotatable bonds is 6. The molecular weight excluding hydrogens is 250 g/mol. The van der Waals surface area contributed by atoms with Crippen molar-refractivity contribution in [2.24, 2.45) is 5.92 Å². The molecule has 1 fully saturated rings. The summed E-state index contributed by atoms with van der Waals surface area (Å²) in [7, 11) is 1.75. The highest BCUT2D eigenvalue weighted by Gasteiger charge is 2.22. The molecular formula is C17H27NO2. The Kier molecular flexibility index (Phi) is 5.86. The van der Waals surface area contributed by atoms with Gasteiger partial charge in [0, 0.05) is 30.9 Å². The fourth-order valence-electron chi connectivity index (χ4n) is 2.86. The lowest BCUT2D eigenvalue weighted by atomic mass is 9.94. The molecule has 1 heterocycles. The van der Waals surface area contributed by atoms with E-state index in [0.717, 1.165) is 38.2 Å². The maximum Gasteiger partial charge on any atom is 0.123 e. The number of ether oxygens (including phenoxy) is 2. The van der Waals surface area contributed by atoms with Crippen LogP contribution in [0.4, 0.5) is 0 Å². The number of hydrogen-bond donors (Lipinski definition) is 1. The normalized spacial score (nSPS) is 18.2. The van der Waals surface area contributed by atoms with Gasteiger partial charge in [0.2, 0.25) is 0 Å². The molecule has 2 rings (SSSR count). The second-order valence-corrected chi connectivity index (χ2v) is 5.98. The number of nitrogens with one attached hydrogen (secondary N) is 1. The number of benzene rings is 1. The van der Waals surface area contributed by atoms with Crippen LogP contribution < -0.4 is 10.1 Å². The van der Waals surface area contributed by atoms with Crippen molar-refractivity contribution in [2.45, 2.75) is 45.2 Å². The lowest BCUT2D eigenvalue weighted by Gasteiger charge is -2.30. The summed E-state index contributed by atoms with van der Waals surface area (Å²) in [5.74, 6) is 1.63. The molecule has 0 radical (unpaired) electrons. The molecule has 0 amide bonds. The number of para-hydroxylation sites is 1. The predicted octanol–water partition coefficient (Wildman–Crippen LogP) is 3.55. The molecule has 1 N–H and O–H groups in total. The van der Waals surface area contributed by atoms with Crippen LogP contribution in [0.2, 0.25) is 0 Å². The van der Waals surface area contributed by atoms with Crippen LogP contribution in [0.3, 0.4) is 0 Å². The first-order valence-electron chi connectivity index (χ1n) is 7.67.